The van der Waals surface area contributed by atoms with Gasteiger partial charge in [0.15, 0.2) is 17.5 Å². The minimum absolute atomic E-state index is 0.00117. The molecule has 132 valence electrons. The number of carbonyl (C=O) groups is 1. The molecule has 9 heteroatoms. The third kappa shape index (κ3) is 4.25. The summed E-state index contributed by atoms with van der Waals surface area (Å²) < 4.78 is 66.0. The summed E-state index contributed by atoms with van der Waals surface area (Å²) in [6, 6.07) is 6.46. The Morgan fingerprint density at radius 1 is 1.12 bits per heavy atom. The van der Waals surface area contributed by atoms with E-state index in [1.807, 2.05) is 0 Å². The molecule has 2 rings (SSSR count). The second-order valence-electron chi connectivity index (χ2n) is 4.85. The van der Waals surface area contributed by atoms with Crippen LogP contribution in [0.15, 0.2) is 53.9 Å². The van der Waals surface area contributed by atoms with Crippen molar-refractivity contribution in [3.05, 3.63) is 72.1 Å². The first-order chi connectivity index (χ1) is 11.8. The topological polar surface area (TPSA) is 75.3 Å². The van der Waals surface area contributed by atoms with Crippen molar-refractivity contribution in [2.45, 2.75) is 4.90 Å². The van der Waals surface area contributed by atoms with Gasteiger partial charge < -0.3 is 5.32 Å². The fraction of sp³-hybridized carbons (Fsp3) is 0.0625. The van der Waals surface area contributed by atoms with Crippen LogP contribution in [-0.4, -0.2) is 20.9 Å². The van der Waals surface area contributed by atoms with Crippen LogP contribution in [0.25, 0.3) is 0 Å². The van der Waals surface area contributed by atoms with Gasteiger partial charge in [0.2, 0.25) is 10.0 Å². The van der Waals surface area contributed by atoms with E-state index in [2.05, 4.69) is 16.6 Å². The van der Waals surface area contributed by atoms with E-state index >= 15 is 0 Å². The van der Waals surface area contributed by atoms with Crippen molar-refractivity contribution in [1.29, 1.82) is 0 Å². The summed E-state index contributed by atoms with van der Waals surface area (Å²) in [5.41, 5.74) is -0.674. The molecule has 0 spiro atoms. The monoisotopic (exact) mass is 370 g/mol. The third-order valence-corrected chi connectivity index (χ3v) is 4.53. The first-order valence-corrected chi connectivity index (χ1v) is 8.40. The summed E-state index contributed by atoms with van der Waals surface area (Å²) in [5, 5.41) is 2.06. The molecule has 0 saturated carbocycles. The zero-order valence-corrected chi connectivity index (χ0v) is 13.5. The molecule has 25 heavy (non-hydrogen) atoms. The maximum absolute atomic E-state index is 13.6. The molecule has 0 fully saturated rings. The highest BCUT2D eigenvalue weighted by molar-refractivity contribution is 7.89. The minimum Gasteiger partial charge on any atom is -0.319 e. The molecule has 0 aliphatic rings. The van der Waals surface area contributed by atoms with Gasteiger partial charge in [-0.25, -0.2) is 26.3 Å². The molecule has 2 aromatic carbocycles. The van der Waals surface area contributed by atoms with Crippen LogP contribution in [0.4, 0.5) is 18.9 Å². The van der Waals surface area contributed by atoms with Crippen molar-refractivity contribution in [3.63, 3.8) is 0 Å². The number of anilines is 1. The number of nitrogens with one attached hydrogen (secondary N) is 2. The quantitative estimate of drug-likeness (QED) is 0.607. The lowest BCUT2D eigenvalue weighted by atomic mass is 10.2. The van der Waals surface area contributed by atoms with Crippen LogP contribution in [0.2, 0.25) is 0 Å². The maximum Gasteiger partial charge on any atom is 0.255 e. The number of halogens is 3. The first-order valence-electron chi connectivity index (χ1n) is 6.91. The smallest absolute Gasteiger partial charge is 0.255 e. The predicted molar refractivity (Wildman–Crippen MR) is 86.1 cm³/mol. The maximum atomic E-state index is 13.6. The number of hydrogen-bond acceptors (Lipinski definition) is 3. The SMILES string of the molecule is C=CCNS(=O)(=O)c1cccc(C(=O)Nc2ccc(F)c(F)c2F)c1. The Hall–Kier alpha value is -2.65. The van der Waals surface area contributed by atoms with Crippen molar-refractivity contribution in [3.8, 4) is 0 Å². The Kier molecular flexibility index (Phi) is 5.60. The molecule has 0 atom stereocenters. The van der Waals surface area contributed by atoms with Crippen molar-refractivity contribution >= 4 is 21.6 Å². The fourth-order valence-corrected chi connectivity index (χ4v) is 2.92. The second kappa shape index (κ2) is 7.49. The first kappa shape index (κ1) is 18.7. The van der Waals surface area contributed by atoms with Gasteiger partial charge in [0.05, 0.1) is 10.6 Å². The van der Waals surface area contributed by atoms with Crippen LogP contribution in [-0.2, 0) is 10.0 Å². The summed E-state index contributed by atoms with van der Waals surface area (Å²) in [5.74, 6) is -5.55. The molecule has 0 radical (unpaired) electrons. The zero-order chi connectivity index (χ0) is 18.6. The van der Waals surface area contributed by atoms with Gasteiger partial charge in [-0.3, -0.25) is 4.79 Å². The van der Waals surface area contributed by atoms with Crippen LogP contribution < -0.4 is 10.0 Å². The highest BCUT2D eigenvalue weighted by atomic mass is 32.2. The van der Waals surface area contributed by atoms with Gasteiger partial charge in [-0.15, -0.1) is 6.58 Å². The van der Waals surface area contributed by atoms with E-state index in [1.165, 1.54) is 24.3 Å². The Labute approximate surface area is 142 Å². The van der Waals surface area contributed by atoms with Crippen molar-refractivity contribution in [2.24, 2.45) is 0 Å². The van der Waals surface area contributed by atoms with E-state index in [9.17, 15) is 26.4 Å². The molecule has 0 bridgehead atoms. The molecular weight excluding hydrogens is 357 g/mol. The normalized spacial score (nSPS) is 11.2. The minimum atomic E-state index is -3.86. The molecule has 0 aromatic heterocycles. The number of amides is 1. The highest BCUT2D eigenvalue weighted by Crippen LogP contribution is 2.21. The van der Waals surface area contributed by atoms with E-state index in [1.54, 1.807) is 0 Å². The Morgan fingerprint density at radius 3 is 2.52 bits per heavy atom. The van der Waals surface area contributed by atoms with Gasteiger partial charge in [-0.1, -0.05) is 12.1 Å². The highest BCUT2D eigenvalue weighted by Gasteiger charge is 2.18. The lowest BCUT2D eigenvalue weighted by molar-refractivity contribution is 0.102. The van der Waals surface area contributed by atoms with E-state index in [-0.39, 0.29) is 17.0 Å². The Morgan fingerprint density at radius 2 is 1.84 bits per heavy atom. The predicted octanol–water partition coefficient (Wildman–Crippen LogP) is 2.82. The lowest BCUT2D eigenvalue weighted by Crippen LogP contribution is -2.24. The molecule has 0 aliphatic carbocycles. The molecule has 2 N–H and O–H groups in total. The van der Waals surface area contributed by atoms with Gasteiger partial charge in [0, 0.05) is 12.1 Å². The molecule has 1 amide bonds. The Bertz CT molecular complexity index is 930. The van der Waals surface area contributed by atoms with Gasteiger partial charge in [0.25, 0.3) is 5.91 Å². The van der Waals surface area contributed by atoms with E-state index in [0.717, 1.165) is 12.1 Å². The van der Waals surface area contributed by atoms with Crippen LogP contribution in [0.1, 0.15) is 10.4 Å². The summed E-state index contributed by atoms with van der Waals surface area (Å²) in [6.07, 6.45) is 1.35. The van der Waals surface area contributed by atoms with Crippen LogP contribution in [0.5, 0.6) is 0 Å². The fourth-order valence-electron chi connectivity index (χ4n) is 1.87. The summed E-state index contributed by atoms with van der Waals surface area (Å²) in [4.78, 5) is 11.9. The largest absolute Gasteiger partial charge is 0.319 e. The van der Waals surface area contributed by atoms with Crippen molar-refractivity contribution in [1.82, 2.24) is 4.72 Å². The molecule has 0 aliphatic heterocycles. The standard InChI is InChI=1S/C16H13F3N2O3S/c1-2-8-20-25(23,24)11-5-3-4-10(9-11)16(22)21-13-7-6-12(17)14(18)15(13)19/h2-7,9,20H,1,8H2,(H,21,22). The van der Waals surface area contributed by atoms with Gasteiger partial charge in [-0.2, -0.15) is 0 Å². The molecule has 0 saturated heterocycles. The van der Waals surface area contributed by atoms with E-state index in [4.69, 9.17) is 0 Å². The summed E-state index contributed by atoms with van der Waals surface area (Å²) in [7, 11) is -3.86. The third-order valence-electron chi connectivity index (χ3n) is 3.11. The van der Waals surface area contributed by atoms with Gasteiger partial charge in [-0.05, 0) is 30.3 Å². The second-order valence-corrected chi connectivity index (χ2v) is 6.61. The lowest BCUT2D eigenvalue weighted by Gasteiger charge is -2.09. The van der Waals surface area contributed by atoms with Crippen LogP contribution in [0.3, 0.4) is 0 Å². The van der Waals surface area contributed by atoms with Crippen molar-refractivity contribution < 1.29 is 26.4 Å². The van der Waals surface area contributed by atoms with Gasteiger partial charge in [0.1, 0.15) is 0 Å². The molecule has 2 aromatic rings. The average Bonchev–Trinajstić information content (AvgIpc) is 2.60. The number of sulfonamides is 1. The average molecular weight is 370 g/mol. The van der Waals surface area contributed by atoms with Crippen LogP contribution in [0, 0.1) is 17.5 Å². The zero-order valence-electron chi connectivity index (χ0n) is 12.7. The van der Waals surface area contributed by atoms with Gasteiger partial charge >= 0.3 is 0 Å². The summed E-state index contributed by atoms with van der Waals surface area (Å²) >= 11 is 0. The number of benzene rings is 2. The molecule has 0 heterocycles. The number of hydrogen-bond donors (Lipinski definition) is 2. The molecular formula is C16H13F3N2O3S. The van der Waals surface area contributed by atoms with Crippen molar-refractivity contribution in [2.75, 3.05) is 11.9 Å². The molecule has 5 nitrogen and oxygen atoms in total. The van der Waals surface area contributed by atoms with Crippen LogP contribution >= 0.6 is 0 Å². The Balaban J connectivity index is 2.28. The number of carbonyl (C=O) groups excluding carboxylic acids is 1. The van der Waals surface area contributed by atoms with E-state index in [0.29, 0.717) is 6.07 Å². The van der Waals surface area contributed by atoms with E-state index < -0.39 is 39.1 Å². The number of rotatable bonds is 6. The summed E-state index contributed by atoms with van der Waals surface area (Å²) in [6.45, 7) is 3.39. The molecule has 0 unspecified atom stereocenters.